The first kappa shape index (κ1) is 22.1. The smallest absolute Gasteiger partial charge is 0.338 e. The SMILES string of the molecule is CC(OC(=O)c1ccc(S(=O)(=O)N2CCCC2)cc1)C(=O)Nc1ccc2c(c1)OCCO2. The van der Waals surface area contributed by atoms with Gasteiger partial charge in [0.05, 0.1) is 10.5 Å². The first-order valence-electron chi connectivity index (χ1n) is 10.4. The summed E-state index contributed by atoms with van der Waals surface area (Å²) in [6.45, 7) is 3.36. The number of ether oxygens (including phenoxy) is 3. The number of nitrogens with one attached hydrogen (secondary N) is 1. The zero-order chi connectivity index (χ0) is 22.7. The highest BCUT2D eigenvalue weighted by molar-refractivity contribution is 7.89. The van der Waals surface area contributed by atoms with Gasteiger partial charge in [0.1, 0.15) is 13.2 Å². The molecule has 170 valence electrons. The highest BCUT2D eigenvalue weighted by Crippen LogP contribution is 2.32. The lowest BCUT2D eigenvalue weighted by molar-refractivity contribution is -0.123. The van der Waals surface area contributed by atoms with Gasteiger partial charge in [0.2, 0.25) is 10.0 Å². The Balaban J connectivity index is 1.36. The van der Waals surface area contributed by atoms with Gasteiger partial charge in [0, 0.05) is 24.8 Å². The van der Waals surface area contributed by atoms with Crippen molar-refractivity contribution >= 4 is 27.6 Å². The molecule has 0 spiro atoms. The van der Waals surface area contributed by atoms with Gasteiger partial charge in [-0.05, 0) is 56.2 Å². The number of anilines is 1. The van der Waals surface area contributed by atoms with Gasteiger partial charge in [-0.1, -0.05) is 0 Å². The number of rotatable bonds is 6. The van der Waals surface area contributed by atoms with E-state index in [0.717, 1.165) is 12.8 Å². The monoisotopic (exact) mass is 460 g/mol. The Bertz CT molecular complexity index is 1110. The van der Waals surface area contributed by atoms with Crippen LogP contribution in [-0.2, 0) is 19.6 Å². The Morgan fingerprint density at radius 1 is 1.00 bits per heavy atom. The van der Waals surface area contributed by atoms with Crippen molar-refractivity contribution in [1.29, 1.82) is 0 Å². The van der Waals surface area contributed by atoms with E-state index in [1.54, 1.807) is 18.2 Å². The fraction of sp³-hybridized carbons (Fsp3) is 0.364. The zero-order valence-electron chi connectivity index (χ0n) is 17.6. The van der Waals surface area contributed by atoms with Crippen LogP contribution in [0.4, 0.5) is 5.69 Å². The molecule has 0 aliphatic carbocycles. The molecule has 1 atom stereocenters. The van der Waals surface area contributed by atoms with Crippen molar-refractivity contribution in [2.24, 2.45) is 0 Å². The summed E-state index contributed by atoms with van der Waals surface area (Å²) >= 11 is 0. The van der Waals surface area contributed by atoms with Gasteiger partial charge in [-0.15, -0.1) is 0 Å². The summed E-state index contributed by atoms with van der Waals surface area (Å²) in [6.07, 6.45) is 0.620. The summed E-state index contributed by atoms with van der Waals surface area (Å²) in [5.74, 6) is -0.102. The van der Waals surface area contributed by atoms with Gasteiger partial charge >= 0.3 is 5.97 Å². The van der Waals surface area contributed by atoms with Gasteiger partial charge < -0.3 is 19.5 Å². The second-order valence-corrected chi connectivity index (χ2v) is 9.47. The maximum Gasteiger partial charge on any atom is 0.338 e. The maximum absolute atomic E-state index is 12.6. The van der Waals surface area contributed by atoms with Crippen LogP contribution in [0, 0.1) is 0 Å². The van der Waals surface area contributed by atoms with E-state index in [1.165, 1.54) is 35.5 Å². The van der Waals surface area contributed by atoms with E-state index in [0.29, 0.717) is 43.5 Å². The molecular formula is C22H24N2O7S. The molecule has 4 rings (SSSR count). The molecule has 2 aromatic carbocycles. The predicted octanol–water partition coefficient (Wildman–Crippen LogP) is 2.43. The summed E-state index contributed by atoms with van der Waals surface area (Å²) in [7, 11) is -3.56. The molecule has 1 N–H and O–H groups in total. The first-order valence-corrected chi connectivity index (χ1v) is 11.8. The molecule has 0 radical (unpaired) electrons. The molecule has 2 aliphatic rings. The number of esters is 1. The average molecular weight is 461 g/mol. The van der Waals surface area contributed by atoms with Crippen molar-refractivity contribution in [3.63, 3.8) is 0 Å². The van der Waals surface area contributed by atoms with E-state index in [4.69, 9.17) is 14.2 Å². The number of sulfonamides is 1. The number of amides is 1. The van der Waals surface area contributed by atoms with E-state index >= 15 is 0 Å². The molecule has 0 aromatic heterocycles. The van der Waals surface area contributed by atoms with E-state index in [2.05, 4.69) is 5.32 Å². The van der Waals surface area contributed by atoms with Gasteiger partial charge in [-0.25, -0.2) is 13.2 Å². The Kier molecular flexibility index (Phi) is 6.33. The van der Waals surface area contributed by atoms with Crippen molar-refractivity contribution in [2.45, 2.75) is 30.8 Å². The van der Waals surface area contributed by atoms with Crippen LogP contribution < -0.4 is 14.8 Å². The van der Waals surface area contributed by atoms with Crippen LogP contribution in [0.2, 0.25) is 0 Å². The van der Waals surface area contributed by atoms with Crippen molar-refractivity contribution in [3.05, 3.63) is 48.0 Å². The number of carbonyl (C=O) groups is 2. The Labute approximate surface area is 186 Å². The summed E-state index contributed by atoms with van der Waals surface area (Å²) < 4.78 is 42.8. The van der Waals surface area contributed by atoms with Crippen LogP contribution in [0.25, 0.3) is 0 Å². The fourth-order valence-corrected chi connectivity index (χ4v) is 5.00. The Hall–Kier alpha value is -3.11. The second-order valence-electron chi connectivity index (χ2n) is 7.53. The highest BCUT2D eigenvalue weighted by Gasteiger charge is 2.27. The summed E-state index contributed by atoms with van der Waals surface area (Å²) in [5, 5.41) is 2.67. The minimum atomic E-state index is -3.56. The molecule has 1 amide bonds. The quantitative estimate of drug-likeness (QED) is 0.659. The maximum atomic E-state index is 12.6. The number of nitrogens with zero attached hydrogens (tertiary/aromatic N) is 1. The topological polar surface area (TPSA) is 111 Å². The Morgan fingerprint density at radius 2 is 1.66 bits per heavy atom. The number of hydrogen-bond donors (Lipinski definition) is 1. The third-order valence-electron chi connectivity index (χ3n) is 5.26. The largest absolute Gasteiger partial charge is 0.486 e. The van der Waals surface area contributed by atoms with Gasteiger partial charge in [0.15, 0.2) is 17.6 Å². The molecule has 10 heteroatoms. The van der Waals surface area contributed by atoms with E-state index in [9.17, 15) is 18.0 Å². The van der Waals surface area contributed by atoms with Crippen LogP contribution in [0.1, 0.15) is 30.1 Å². The number of hydrogen-bond acceptors (Lipinski definition) is 7. The molecule has 9 nitrogen and oxygen atoms in total. The normalized spacial score (nSPS) is 16.9. The number of fused-ring (bicyclic) bond motifs is 1. The van der Waals surface area contributed by atoms with Crippen LogP contribution in [0.15, 0.2) is 47.4 Å². The lowest BCUT2D eigenvalue weighted by Crippen LogP contribution is -2.30. The fourth-order valence-electron chi connectivity index (χ4n) is 3.49. The Morgan fingerprint density at radius 3 is 2.34 bits per heavy atom. The van der Waals surface area contributed by atoms with Crippen molar-refractivity contribution in [1.82, 2.24) is 4.31 Å². The van der Waals surface area contributed by atoms with Gasteiger partial charge in [-0.2, -0.15) is 4.31 Å². The molecule has 1 unspecified atom stereocenters. The molecular weight excluding hydrogens is 436 g/mol. The van der Waals surface area contributed by atoms with Crippen LogP contribution in [0.5, 0.6) is 11.5 Å². The molecule has 2 heterocycles. The number of benzene rings is 2. The zero-order valence-corrected chi connectivity index (χ0v) is 18.4. The van der Waals surface area contributed by atoms with Gasteiger partial charge in [0.25, 0.3) is 5.91 Å². The minimum Gasteiger partial charge on any atom is -0.486 e. The third-order valence-corrected chi connectivity index (χ3v) is 7.17. The van der Waals surface area contributed by atoms with Crippen molar-refractivity contribution in [2.75, 3.05) is 31.6 Å². The minimum absolute atomic E-state index is 0.125. The predicted molar refractivity (Wildman–Crippen MR) is 115 cm³/mol. The summed E-state index contributed by atoms with van der Waals surface area (Å²) in [6, 6.07) is 10.5. The molecule has 32 heavy (non-hydrogen) atoms. The first-order chi connectivity index (χ1) is 15.3. The average Bonchev–Trinajstić information content (AvgIpc) is 3.35. The van der Waals surface area contributed by atoms with Crippen LogP contribution in [-0.4, -0.2) is 57.0 Å². The molecule has 2 aromatic rings. The molecule has 1 saturated heterocycles. The van der Waals surface area contributed by atoms with Crippen LogP contribution >= 0.6 is 0 Å². The molecule has 1 fully saturated rings. The van der Waals surface area contributed by atoms with Crippen molar-refractivity contribution in [3.8, 4) is 11.5 Å². The van der Waals surface area contributed by atoms with E-state index in [-0.39, 0.29) is 10.5 Å². The van der Waals surface area contributed by atoms with Crippen molar-refractivity contribution < 1.29 is 32.2 Å². The van der Waals surface area contributed by atoms with Crippen LogP contribution in [0.3, 0.4) is 0 Å². The van der Waals surface area contributed by atoms with Gasteiger partial charge in [-0.3, -0.25) is 4.79 Å². The highest BCUT2D eigenvalue weighted by atomic mass is 32.2. The van der Waals surface area contributed by atoms with E-state index in [1.807, 2.05) is 0 Å². The third kappa shape index (κ3) is 4.71. The standard InChI is InChI=1S/C22H24N2O7S/c1-15(21(25)23-17-6-9-19-20(14-17)30-13-12-29-19)31-22(26)16-4-7-18(8-5-16)32(27,28)24-10-2-3-11-24/h4-9,14-15H,2-3,10-13H2,1H3,(H,23,25). The molecule has 0 bridgehead atoms. The lowest BCUT2D eigenvalue weighted by Gasteiger charge is -2.19. The lowest BCUT2D eigenvalue weighted by atomic mass is 10.2. The summed E-state index contributed by atoms with van der Waals surface area (Å²) in [5.41, 5.74) is 0.642. The number of carbonyl (C=O) groups excluding carboxylic acids is 2. The van der Waals surface area contributed by atoms with E-state index < -0.39 is 28.0 Å². The second kappa shape index (κ2) is 9.17. The summed E-state index contributed by atoms with van der Waals surface area (Å²) in [4.78, 5) is 25.0. The molecule has 0 saturated carbocycles. The molecule has 2 aliphatic heterocycles.